The van der Waals surface area contributed by atoms with Crippen molar-refractivity contribution in [3.05, 3.63) is 53.5 Å². The van der Waals surface area contributed by atoms with Crippen LogP contribution in [-0.2, 0) is 4.74 Å². The number of benzene rings is 1. The van der Waals surface area contributed by atoms with Gasteiger partial charge in [0.15, 0.2) is 5.76 Å². The molecule has 1 amide bonds. The van der Waals surface area contributed by atoms with Crippen molar-refractivity contribution in [2.24, 2.45) is 0 Å². The third-order valence-electron chi connectivity index (χ3n) is 2.79. The Balaban J connectivity index is 2.15. The van der Waals surface area contributed by atoms with Gasteiger partial charge in [-0.25, -0.2) is 4.79 Å². The fourth-order valence-corrected chi connectivity index (χ4v) is 1.70. The maximum absolute atomic E-state index is 11.9. The normalized spacial score (nSPS) is 10.2. The predicted molar refractivity (Wildman–Crippen MR) is 75.2 cm³/mol. The Morgan fingerprint density at radius 1 is 1.33 bits per heavy atom. The lowest BCUT2D eigenvalue weighted by molar-refractivity contribution is 0.0433. The number of aryl methyl sites for hydroxylation is 1. The molecule has 0 atom stereocenters. The minimum atomic E-state index is -0.558. The number of aliphatic hydroxyl groups excluding tert-OH is 1. The molecule has 0 aliphatic heterocycles. The van der Waals surface area contributed by atoms with Crippen LogP contribution in [0.5, 0.6) is 0 Å². The Morgan fingerprint density at radius 3 is 2.81 bits per heavy atom. The number of esters is 1. The third kappa shape index (κ3) is 3.70. The number of aliphatic hydroxyl groups is 1. The highest BCUT2D eigenvalue weighted by Gasteiger charge is 2.13. The zero-order valence-corrected chi connectivity index (χ0v) is 11.5. The maximum atomic E-state index is 11.9. The van der Waals surface area contributed by atoms with Gasteiger partial charge in [0.2, 0.25) is 0 Å². The largest absolute Gasteiger partial charge is 0.460 e. The van der Waals surface area contributed by atoms with Crippen molar-refractivity contribution in [2.75, 3.05) is 18.5 Å². The summed E-state index contributed by atoms with van der Waals surface area (Å²) in [5, 5.41) is 11.3. The smallest absolute Gasteiger partial charge is 0.338 e. The first-order valence-electron chi connectivity index (χ1n) is 6.35. The van der Waals surface area contributed by atoms with E-state index in [-0.39, 0.29) is 19.0 Å². The zero-order chi connectivity index (χ0) is 15.2. The van der Waals surface area contributed by atoms with Crippen LogP contribution in [-0.4, -0.2) is 30.2 Å². The standard InChI is InChI=1S/C15H15NO5/c1-10-4-5-11(15(19)21-8-6-17)9-12(10)16-14(18)13-3-2-7-20-13/h2-5,7,9,17H,6,8H2,1H3,(H,16,18). The van der Waals surface area contributed by atoms with Gasteiger partial charge in [-0.1, -0.05) is 6.07 Å². The molecule has 0 saturated heterocycles. The predicted octanol–water partition coefficient (Wildman–Crippen LogP) is 1.99. The van der Waals surface area contributed by atoms with E-state index in [4.69, 9.17) is 14.3 Å². The molecule has 0 fully saturated rings. The molecule has 0 spiro atoms. The lowest BCUT2D eigenvalue weighted by Crippen LogP contribution is -2.13. The van der Waals surface area contributed by atoms with Crippen molar-refractivity contribution in [3.8, 4) is 0 Å². The number of ether oxygens (including phenoxy) is 1. The molecule has 0 radical (unpaired) electrons. The average Bonchev–Trinajstić information content (AvgIpc) is 3.01. The van der Waals surface area contributed by atoms with Gasteiger partial charge in [-0.3, -0.25) is 4.79 Å². The van der Waals surface area contributed by atoms with Crippen molar-refractivity contribution in [2.45, 2.75) is 6.92 Å². The second kappa shape index (κ2) is 6.71. The van der Waals surface area contributed by atoms with E-state index in [9.17, 15) is 9.59 Å². The summed E-state index contributed by atoms with van der Waals surface area (Å²) in [5.41, 5.74) is 1.59. The molecule has 0 bridgehead atoms. The van der Waals surface area contributed by atoms with E-state index in [1.165, 1.54) is 12.3 Å². The monoisotopic (exact) mass is 289 g/mol. The molecule has 2 aromatic rings. The molecule has 1 aromatic heterocycles. The van der Waals surface area contributed by atoms with Gasteiger partial charge >= 0.3 is 5.97 Å². The molecule has 2 rings (SSSR count). The molecule has 6 nitrogen and oxygen atoms in total. The van der Waals surface area contributed by atoms with Gasteiger partial charge in [-0.15, -0.1) is 0 Å². The van der Waals surface area contributed by atoms with Gasteiger partial charge in [0.25, 0.3) is 5.91 Å². The van der Waals surface area contributed by atoms with Crippen molar-refractivity contribution >= 4 is 17.6 Å². The fraction of sp³-hybridized carbons (Fsp3) is 0.200. The summed E-state index contributed by atoms with van der Waals surface area (Å²) in [5.74, 6) is -0.774. The van der Waals surface area contributed by atoms with Crippen LogP contribution in [0.25, 0.3) is 0 Å². The van der Waals surface area contributed by atoms with Crippen LogP contribution in [0.3, 0.4) is 0 Å². The number of hydrogen-bond acceptors (Lipinski definition) is 5. The highest BCUT2D eigenvalue weighted by Crippen LogP contribution is 2.18. The molecule has 0 aliphatic rings. The van der Waals surface area contributed by atoms with Crippen LogP contribution >= 0.6 is 0 Å². The second-order valence-electron chi connectivity index (χ2n) is 4.32. The third-order valence-corrected chi connectivity index (χ3v) is 2.79. The van der Waals surface area contributed by atoms with Crippen molar-refractivity contribution in [3.63, 3.8) is 0 Å². The van der Waals surface area contributed by atoms with Gasteiger partial charge in [0.1, 0.15) is 6.61 Å². The summed E-state index contributed by atoms with van der Waals surface area (Å²) in [6.45, 7) is 1.50. The van der Waals surface area contributed by atoms with Gasteiger partial charge < -0.3 is 19.6 Å². The molecule has 2 N–H and O–H groups in total. The van der Waals surface area contributed by atoms with Gasteiger partial charge in [0.05, 0.1) is 18.4 Å². The number of anilines is 1. The second-order valence-corrected chi connectivity index (χ2v) is 4.32. The number of rotatable bonds is 5. The summed E-state index contributed by atoms with van der Waals surface area (Å²) in [6, 6.07) is 7.98. The Hall–Kier alpha value is -2.60. The summed E-state index contributed by atoms with van der Waals surface area (Å²) in [7, 11) is 0. The number of nitrogens with one attached hydrogen (secondary N) is 1. The fourth-order valence-electron chi connectivity index (χ4n) is 1.70. The van der Waals surface area contributed by atoms with Crippen molar-refractivity contribution in [1.82, 2.24) is 0 Å². The number of carbonyl (C=O) groups excluding carboxylic acids is 2. The molecular formula is C15H15NO5. The zero-order valence-electron chi connectivity index (χ0n) is 11.5. The quantitative estimate of drug-likeness (QED) is 0.822. The molecule has 0 unspecified atom stereocenters. The van der Waals surface area contributed by atoms with Gasteiger partial charge in [-0.05, 0) is 36.8 Å². The van der Waals surface area contributed by atoms with E-state index in [0.717, 1.165) is 5.56 Å². The summed E-state index contributed by atoms with van der Waals surface area (Å²) in [6.07, 6.45) is 1.41. The maximum Gasteiger partial charge on any atom is 0.338 e. The molecular weight excluding hydrogens is 274 g/mol. The van der Waals surface area contributed by atoms with Crippen LogP contribution in [0.1, 0.15) is 26.5 Å². The molecule has 0 aliphatic carbocycles. The number of amides is 1. The summed E-state index contributed by atoms with van der Waals surface area (Å²) in [4.78, 5) is 23.6. The highest BCUT2D eigenvalue weighted by atomic mass is 16.5. The molecule has 6 heteroatoms. The van der Waals surface area contributed by atoms with E-state index in [1.807, 2.05) is 0 Å². The van der Waals surface area contributed by atoms with E-state index in [0.29, 0.717) is 11.3 Å². The first kappa shape index (κ1) is 14.8. The molecule has 1 heterocycles. The SMILES string of the molecule is Cc1ccc(C(=O)OCCO)cc1NC(=O)c1ccco1. The topological polar surface area (TPSA) is 88.8 Å². The van der Waals surface area contributed by atoms with Crippen LogP contribution in [0.4, 0.5) is 5.69 Å². The number of carbonyl (C=O) groups is 2. The first-order chi connectivity index (χ1) is 10.1. The van der Waals surface area contributed by atoms with E-state index in [1.54, 1.807) is 31.2 Å². The minimum absolute atomic E-state index is 0.0687. The first-order valence-corrected chi connectivity index (χ1v) is 6.35. The van der Waals surface area contributed by atoms with E-state index in [2.05, 4.69) is 5.32 Å². The Bertz CT molecular complexity index is 634. The van der Waals surface area contributed by atoms with Crippen LogP contribution in [0.2, 0.25) is 0 Å². The van der Waals surface area contributed by atoms with Crippen LogP contribution in [0.15, 0.2) is 41.0 Å². The highest BCUT2D eigenvalue weighted by molar-refractivity contribution is 6.03. The van der Waals surface area contributed by atoms with Gasteiger partial charge in [0, 0.05) is 5.69 Å². The number of furan rings is 1. The Labute approximate surface area is 121 Å². The molecule has 0 saturated carbocycles. The summed E-state index contributed by atoms with van der Waals surface area (Å²) >= 11 is 0. The molecule has 1 aromatic carbocycles. The van der Waals surface area contributed by atoms with Crippen molar-refractivity contribution < 1.29 is 23.8 Å². The van der Waals surface area contributed by atoms with E-state index >= 15 is 0 Å². The van der Waals surface area contributed by atoms with E-state index < -0.39 is 11.9 Å². The molecule has 21 heavy (non-hydrogen) atoms. The summed E-state index contributed by atoms with van der Waals surface area (Å²) < 4.78 is 9.84. The van der Waals surface area contributed by atoms with Gasteiger partial charge in [-0.2, -0.15) is 0 Å². The minimum Gasteiger partial charge on any atom is -0.460 e. The number of hydrogen-bond donors (Lipinski definition) is 2. The lowest BCUT2D eigenvalue weighted by Gasteiger charge is -2.09. The lowest BCUT2D eigenvalue weighted by atomic mass is 10.1. The molecule has 110 valence electrons. The Morgan fingerprint density at radius 2 is 2.14 bits per heavy atom. The Kier molecular flexibility index (Phi) is 4.73. The van der Waals surface area contributed by atoms with Crippen molar-refractivity contribution in [1.29, 1.82) is 0 Å². The van der Waals surface area contributed by atoms with Crippen LogP contribution in [0, 0.1) is 6.92 Å². The van der Waals surface area contributed by atoms with Crippen LogP contribution < -0.4 is 5.32 Å². The average molecular weight is 289 g/mol.